The minimum absolute atomic E-state index is 0.150. The molecular formula is C33H48P2. The van der Waals surface area contributed by atoms with Crippen LogP contribution < -0.4 is 10.6 Å². The molecule has 4 atom stereocenters. The van der Waals surface area contributed by atoms with Gasteiger partial charge in [-0.3, -0.25) is 0 Å². The lowest BCUT2D eigenvalue weighted by Crippen LogP contribution is -2.47. The molecule has 2 bridgehead atoms. The Morgan fingerprint density at radius 3 is 1.74 bits per heavy atom. The van der Waals surface area contributed by atoms with Crippen molar-refractivity contribution >= 4 is 26.5 Å². The second-order valence-corrected chi connectivity index (χ2v) is 19.8. The predicted octanol–water partition coefficient (Wildman–Crippen LogP) is 9.32. The standard InChI is InChI=1S/C33H48P2/c1-11-33-22-26(21-30(33)35(31(5,6)7)32(8,9)10)20-27(33)25(4)34(28-18-14-12-16-23(28)2)29-19-15-13-17-24(29)3/h12-19,22,25,27,30H,11,20-21H2,1-10H3/t25-,27+,30+,33-/m1/s1. The SMILES string of the molecule is CC[C@]12C=C(C[C@@H]1P(C(C)(C)C)C(C)(C)C)C[C@H]2[C@@H](C)P(c1ccccc1C)c1ccccc1C. The molecule has 0 radical (unpaired) electrons. The maximum absolute atomic E-state index is 2.81. The molecule has 2 aromatic carbocycles. The zero-order chi connectivity index (χ0) is 25.8. The van der Waals surface area contributed by atoms with E-state index in [-0.39, 0.29) is 7.92 Å². The normalized spacial score (nSPS) is 25.4. The van der Waals surface area contributed by atoms with Crippen LogP contribution in [0.3, 0.4) is 0 Å². The first-order valence-electron chi connectivity index (χ1n) is 13.7. The maximum Gasteiger partial charge on any atom is -0.000987 e. The van der Waals surface area contributed by atoms with Gasteiger partial charge in [0.2, 0.25) is 0 Å². The van der Waals surface area contributed by atoms with E-state index < -0.39 is 7.92 Å². The molecule has 0 spiro atoms. The van der Waals surface area contributed by atoms with E-state index in [1.54, 1.807) is 16.2 Å². The van der Waals surface area contributed by atoms with Gasteiger partial charge in [0.1, 0.15) is 0 Å². The number of allylic oxidation sites excluding steroid dienone is 2. The van der Waals surface area contributed by atoms with Crippen LogP contribution in [0.2, 0.25) is 0 Å². The third-order valence-corrected chi connectivity index (χ3v) is 16.2. The van der Waals surface area contributed by atoms with Crippen molar-refractivity contribution < 1.29 is 0 Å². The van der Waals surface area contributed by atoms with Crippen molar-refractivity contribution in [1.29, 1.82) is 0 Å². The Bertz CT molecular complexity index is 1020. The number of rotatable bonds is 6. The summed E-state index contributed by atoms with van der Waals surface area (Å²) in [6.07, 6.45) is 6.77. The van der Waals surface area contributed by atoms with Gasteiger partial charge in [-0.1, -0.05) is 123 Å². The van der Waals surface area contributed by atoms with Gasteiger partial charge in [-0.2, -0.15) is 0 Å². The molecule has 190 valence electrons. The van der Waals surface area contributed by atoms with Crippen LogP contribution in [-0.2, 0) is 0 Å². The van der Waals surface area contributed by atoms with E-state index in [2.05, 4.69) is 124 Å². The Morgan fingerprint density at radius 1 is 0.829 bits per heavy atom. The minimum Gasteiger partial charge on any atom is -0.0912 e. The van der Waals surface area contributed by atoms with Crippen LogP contribution in [0, 0.1) is 25.2 Å². The fraction of sp³-hybridized carbons (Fsp3) is 0.576. The summed E-state index contributed by atoms with van der Waals surface area (Å²) >= 11 is 0. The molecule has 0 saturated carbocycles. The highest BCUT2D eigenvalue weighted by Crippen LogP contribution is 2.75. The average Bonchev–Trinajstić information content (AvgIpc) is 3.30. The Labute approximate surface area is 218 Å². The highest BCUT2D eigenvalue weighted by Gasteiger charge is 2.59. The first-order valence-corrected chi connectivity index (χ1v) is 16.5. The topological polar surface area (TPSA) is 0 Å². The van der Waals surface area contributed by atoms with Gasteiger partial charge in [-0.05, 0) is 95.7 Å². The van der Waals surface area contributed by atoms with Gasteiger partial charge in [0.15, 0.2) is 0 Å². The fourth-order valence-corrected chi connectivity index (χ4v) is 16.4. The van der Waals surface area contributed by atoms with Gasteiger partial charge < -0.3 is 0 Å². The molecule has 0 heterocycles. The Kier molecular flexibility index (Phi) is 7.53. The molecule has 35 heavy (non-hydrogen) atoms. The van der Waals surface area contributed by atoms with Crippen molar-refractivity contribution in [1.82, 2.24) is 0 Å². The zero-order valence-corrected chi connectivity index (χ0v) is 25.7. The summed E-state index contributed by atoms with van der Waals surface area (Å²) in [4.78, 5) is 0. The van der Waals surface area contributed by atoms with E-state index in [0.29, 0.717) is 21.4 Å². The summed E-state index contributed by atoms with van der Waals surface area (Å²) in [5.74, 6) is 0.737. The van der Waals surface area contributed by atoms with E-state index >= 15 is 0 Å². The van der Waals surface area contributed by atoms with E-state index in [0.717, 1.165) is 11.6 Å². The van der Waals surface area contributed by atoms with E-state index in [1.165, 1.54) is 30.4 Å². The summed E-state index contributed by atoms with van der Waals surface area (Å²) in [5, 5.41) is 3.91. The molecule has 4 rings (SSSR count). The number of hydrogen-bond acceptors (Lipinski definition) is 0. The summed E-state index contributed by atoms with van der Waals surface area (Å²) in [7, 11) is -0.584. The van der Waals surface area contributed by atoms with Crippen molar-refractivity contribution in [2.24, 2.45) is 11.3 Å². The number of hydrogen-bond donors (Lipinski definition) is 0. The largest absolute Gasteiger partial charge is 0.0912 e. The first kappa shape index (κ1) is 27.1. The Balaban J connectivity index is 1.82. The molecule has 0 aliphatic heterocycles. The molecule has 0 saturated heterocycles. The van der Waals surface area contributed by atoms with E-state index in [9.17, 15) is 0 Å². The average molecular weight is 507 g/mol. The van der Waals surface area contributed by atoms with Crippen molar-refractivity contribution in [3.63, 3.8) is 0 Å². The second kappa shape index (κ2) is 9.73. The lowest BCUT2D eigenvalue weighted by atomic mass is 9.70. The molecule has 0 aromatic heterocycles. The summed E-state index contributed by atoms with van der Waals surface area (Å²) in [6, 6.07) is 18.5. The minimum atomic E-state index is -0.435. The molecule has 2 aliphatic carbocycles. The molecule has 2 aliphatic rings. The molecule has 0 fully saturated rings. The third-order valence-electron chi connectivity index (χ3n) is 8.83. The first-order chi connectivity index (χ1) is 16.3. The highest BCUT2D eigenvalue weighted by atomic mass is 31.1. The van der Waals surface area contributed by atoms with Crippen LogP contribution in [0.15, 0.2) is 60.2 Å². The molecule has 2 heteroatoms. The van der Waals surface area contributed by atoms with Crippen molar-refractivity contribution in [2.75, 3.05) is 0 Å². The van der Waals surface area contributed by atoms with Gasteiger partial charge in [-0.25, -0.2) is 0 Å². The van der Waals surface area contributed by atoms with Crippen LogP contribution in [0.1, 0.15) is 85.8 Å². The van der Waals surface area contributed by atoms with Gasteiger partial charge >= 0.3 is 0 Å². The molecule has 0 nitrogen and oxygen atoms in total. The monoisotopic (exact) mass is 506 g/mol. The predicted molar refractivity (Wildman–Crippen MR) is 162 cm³/mol. The lowest BCUT2D eigenvalue weighted by molar-refractivity contribution is 0.211. The molecular weight excluding hydrogens is 458 g/mol. The highest BCUT2D eigenvalue weighted by molar-refractivity contribution is 7.73. The quantitative estimate of drug-likeness (QED) is 0.270. The van der Waals surface area contributed by atoms with Crippen LogP contribution in [0.5, 0.6) is 0 Å². The van der Waals surface area contributed by atoms with E-state index in [4.69, 9.17) is 0 Å². The van der Waals surface area contributed by atoms with Crippen molar-refractivity contribution in [3.05, 3.63) is 71.3 Å². The third kappa shape index (κ3) is 4.85. The summed E-state index contributed by atoms with van der Waals surface area (Å²) < 4.78 is 0. The molecule has 0 N–H and O–H groups in total. The van der Waals surface area contributed by atoms with Crippen LogP contribution in [0.25, 0.3) is 0 Å². The zero-order valence-electron chi connectivity index (χ0n) is 23.9. The number of fused-ring (bicyclic) bond motifs is 1. The van der Waals surface area contributed by atoms with E-state index in [1.807, 2.05) is 0 Å². The van der Waals surface area contributed by atoms with Gasteiger partial charge in [0.25, 0.3) is 0 Å². The molecule has 2 aromatic rings. The van der Waals surface area contributed by atoms with Crippen LogP contribution in [0.4, 0.5) is 0 Å². The van der Waals surface area contributed by atoms with Crippen molar-refractivity contribution in [3.8, 4) is 0 Å². The number of aryl methyl sites for hydroxylation is 2. The van der Waals surface area contributed by atoms with Crippen LogP contribution >= 0.6 is 15.8 Å². The Morgan fingerprint density at radius 2 is 1.31 bits per heavy atom. The summed E-state index contributed by atoms with van der Waals surface area (Å²) in [5.41, 5.74) is 6.51. The van der Waals surface area contributed by atoms with Gasteiger partial charge in [-0.15, -0.1) is 0 Å². The van der Waals surface area contributed by atoms with Crippen LogP contribution in [-0.4, -0.2) is 21.6 Å². The smallest absolute Gasteiger partial charge is 0.000987 e. The number of benzene rings is 2. The fourth-order valence-electron chi connectivity index (χ4n) is 7.85. The second-order valence-electron chi connectivity index (χ2n) is 13.2. The van der Waals surface area contributed by atoms with Gasteiger partial charge in [0, 0.05) is 0 Å². The molecule has 0 unspecified atom stereocenters. The van der Waals surface area contributed by atoms with Crippen molar-refractivity contribution in [2.45, 2.75) is 110 Å². The lowest BCUT2D eigenvalue weighted by Gasteiger charge is -2.55. The summed E-state index contributed by atoms with van der Waals surface area (Å²) in [6.45, 7) is 24.9. The Hall–Kier alpha value is -0.960. The van der Waals surface area contributed by atoms with Gasteiger partial charge in [0.05, 0.1) is 0 Å². The maximum atomic E-state index is 2.81. The molecule has 0 amide bonds.